The average molecular weight is 295 g/mol. The van der Waals surface area contributed by atoms with Crippen LogP contribution in [0.1, 0.15) is 29.7 Å². The molecule has 1 N–H and O–H groups in total. The molecule has 0 fully saturated rings. The van der Waals surface area contributed by atoms with Gasteiger partial charge in [-0.2, -0.15) is 0 Å². The lowest BCUT2D eigenvalue weighted by atomic mass is 10.1. The molecule has 0 unspecified atom stereocenters. The summed E-state index contributed by atoms with van der Waals surface area (Å²) in [7, 11) is 0. The standard InChI is InChI=1S/C16H16ClFO2/c1-9-6-13(7-10(2)16(9)17)20-15-5-4-12(11(3)19)8-14(15)18/h4-8,11,19H,1-3H3/t11-/m0/s1. The number of aliphatic hydroxyl groups excluding tert-OH is 1. The highest BCUT2D eigenvalue weighted by Crippen LogP contribution is 2.31. The number of hydrogen-bond acceptors (Lipinski definition) is 2. The molecule has 2 aromatic rings. The van der Waals surface area contributed by atoms with Crippen molar-refractivity contribution in [2.75, 3.05) is 0 Å². The van der Waals surface area contributed by atoms with Gasteiger partial charge in [0.15, 0.2) is 11.6 Å². The van der Waals surface area contributed by atoms with E-state index in [-0.39, 0.29) is 5.75 Å². The molecule has 2 aromatic carbocycles. The van der Waals surface area contributed by atoms with E-state index < -0.39 is 11.9 Å². The summed E-state index contributed by atoms with van der Waals surface area (Å²) >= 11 is 6.08. The van der Waals surface area contributed by atoms with Crippen molar-refractivity contribution in [1.82, 2.24) is 0 Å². The number of ether oxygens (including phenoxy) is 1. The van der Waals surface area contributed by atoms with Gasteiger partial charge in [0.25, 0.3) is 0 Å². The van der Waals surface area contributed by atoms with Crippen molar-refractivity contribution >= 4 is 11.6 Å². The molecule has 0 aliphatic heterocycles. The first-order valence-corrected chi connectivity index (χ1v) is 6.68. The van der Waals surface area contributed by atoms with Crippen LogP contribution >= 0.6 is 11.6 Å². The SMILES string of the molecule is Cc1cc(Oc2ccc([C@H](C)O)cc2F)cc(C)c1Cl. The molecule has 106 valence electrons. The topological polar surface area (TPSA) is 29.5 Å². The zero-order chi connectivity index (χ0) is 14.9. The second-order valence-corrected chi connectivity index (χ2v) is 5.22. The Morgan fingerprint density at radius 3 is 2.25 bits per heavy atom. The smallest absolute Gasteiger partial charge is 0.166 e. The molecule has 0 heterocycles. The molecule has 0 aliphatic carbocycles. The lowest BCUT2D eigenvalue weighted by Gasteiger charge is -2.12. The first kappa shape index (κ1) is 14.8. The fourth-order valence-corrected chi connectivity index (χ4v) is 2.06. The Morgan fingerprint density at radius 1 is 1.15 bits per heavy atom. The minimum atomic E-state index is -0.710. The Bertz CT molecular complexity index is 615. The van der Waals surface area contributed by atoms with Gasteiger partial charge in [-0.05, 0) is 61.7 Å². The summed E-state index contributed by atoms with van der Waals surface area (Å²) in [4.78, 5) is 0. The molecule has 0 bridgehead atoms. The Labute approximate surface area is 122 Å². The molecule has 0 amide bonds. The van der Waals surface area contributed by atoms with Gasteiger partial charge >= 0.3 is 0 Å². The maximum atomic E-state index is 13.9. The van der Waals surface area contributed by atoms with E-state index in [1.54, 1.807) is 25.1 Å². The van der Waals surface area contributed by atoms with Gasteiger partial charge in [0.2, 0.25) is 0 Å². The summed E-state index contributed by atoms with van der Waals surface area (Å²) in [6.45, 7) is 5.32. The van der Waals surface area contributed by atoms with E-state index in [0.29, 0.717) is 16.3 Å². The Hall–Kier alpha value is -1.58. The lowest BCUT2D eigenvalue weighted by Crippen LogP contribution is -1.95. The summed E-state index contributed by atoms with van der Waals surface area (Å²) in [5, 5.41) is 10.1. The maximum absolute atomic E-state index is 13.9. The highest BCUT2D eigenvalue weighted by atomic mass is 35.5. The van der Waals surface area contributed by atoms with Gasteiger partial charge in [-0.25, -0.2) is 4.39 Å². The summed E-state index contributed by atoms with van der Waals surface area (Å²) < 4.78 is 19.5. The molecule has 0 saturated heterocycles. The minimum absolute atomic E-state index is 0.121. The van der Waals surface area contributed by atoms with Crippen LogP contribution in [0.3, 0.4) is 0 Å². The zero-order valence-electron chi connectivity index (χ0n) is 11.6. The highest BCUT2D eigenvalue weighted by Gasteiger charge is 2.10. The molecule has 0 aliphatic rings. The second kappa shape index (κ2) is 5.81. The molecule has 4 heteroatoms. The lowest BCUT2D eigenvalue weighted by molar-refractivity contribution is 0.198. The van der Waals surface area contributed by atoms with Crippen LogP contribution < -0.4 is 4.74 Å². The van der Waals surface area contributed by atoms with Crippen LogP contribution in [-0.2, 0) is 0 Å². The van der Waals surface area contributed by atoms with Crippen molar-refractivity contribution in [1.29, 1.82) is 0 Å². The number of halogens is 2. The summed E-state index contributed by atoms with van der Waals surface area (Å²) in [5.41, 5.74) is 2.27. The van der Waals surface area contributed by atoms with Crippen LogP contribution in [0.5, 0.6) is 11.5 Å². The molecule has 20 heavy (non-hydrogen) atoms. The molecular formula is C16H16ClFO2. The van der Waals surface area contributed by atoms with Gasteiger partial charge < -0.3 is 9.84 Å². The zero-order valence-corrected chi connectivity index (χ0v) is 12.3. The average Bonchev–Trinajstić information content (AvgIpc) is 2.38. The Morgan fingerprint density at radius 2 is 1.75 bits per heavy atom. The van der Waals surface area contributed by atoms with Crippen LogP contribution in [-0.4, -0.2) is 5.11 Å². The van der Waals surface area contributed by atoms with Crippen LogP contribution in [0.15, 0.2) is 30.3 Å². The van der Waals surface area contributed by atoms with Gasteiger partial charge in [0, 0.05) is 5.02 Å². The normalized spacial score (nSPS) is 12.3. The molecule has 0 aromatic heterocycles. The minimum Gasteiger partial charge on any atom is -0.454 e. The summed E-state index contributed by atoms with van der Waals surface area (Å²) in [6, 6.07) is 7.94. The molecule has 0 radical (unpaired) electrons. The van der Waals surface area contributed by atoms with Crippen molar-refractivity contribution in [2.24, 2.45) is 0 Å². The van der Waals surface area contributed by atoms with Crippen LogP contribution in [0.2, 0.25) is 5.02 Å². The number of aryl methyl sites for hydroxylation is 2. The summed E-state index contributed by atoms with van der Waals surface area (Å²) in [6.07, 6.45) is -0.710. The van der Waals surface area contributed by atoms with Crippen molar-refractivity contribution in [3.8, 4) is 11.5 Å². The molecule has 2 nitrogen and oxygen atoms in total. The first-order valence-electron chi connectivity index (χ1n) is 6.30. The largest absolute Gasteiger partial charge is 0.454 e. The van der Waals surface area contributed by atoms with Gasteiger partial charge in [-0.1, -0.05) is 17.7 Å². The second-order valence-electron chi connectivity index (χ2n) is 4.84. The van der Waals surface area contributed by atoms with Gasteiger partial charge in [0.05, 0.1) is 6.10 Å². The van der Waals surface area contributed by atoms with Gasteiger partial charge in [-0.15, -0.1) is 0 Å². The van der Waals surface area contributed by atoms with E-state index in [0.717, 1.165) is 11.1 Å². The molecular weight excluding hydrogens is 279 g/mol. The van der Waals surface area contributed by atoms with E-state index >= 15 is 0 Å². The number of benzene rings is 2. The van der Waals surface area contributed by atoms with E-state index in [1.165, 1.54) is 12.1 Å². The van der Waals surface area contributed by atoms with Crippen LogP contribution in [0.25, 0.3) is 0 Å². The number of aliphatic hydroxyl groups is 1. The quantitative estimate of drug-likeness (QED) is 0.868. The van der Waals surface area contributed by atoms with Crippen LogP contribution in [0.4, 0.5) is 4.39 Å². The van der Waals surface area contributed by atoms with Crippen molar-refractivity contribution in [3.63, 3.8) is 0 Å². The Kier molecular flexibility index (Phi) is 4.31. The predicted octanol–water partition coefficient (Wildman–Crippen LogP) is 4.94. The third-order valence-corrected chi connectivity index (χ3v) is 3.67. The van der Waals surface area contributed by atoms with Crippen molar-refractivity contribution < 1.29 is 14.2 Å². The van der Waals surface area contributed by atoms with E-state index in [4.69, 9.17) is 16.3 Å². The van der Waals surface area contributed by atoms with E-state index in [9.17, 15) is 9.50 Å². The maximum Gasteiger partial charge on any atom is 0.166 e. The van der Waals surface area contributed by atoms with E-state index in [1.807, 2.05) is 13.8 Å². The molecule has 2 rings (SSSR count). The van der Waals surface area contributed by atoms with Crippen LogP contribution in [0, 0.1) is 19.7 Å². The number of rotatable bonds is 3. The number of hydrogen-bond donors (Lipinski definition) is 1. The summed E-state index contributed by atoms with van der Waals surface area (Å²) in [5.74, 6) is 0.150. The predicted molar refractivity (Wildman–Crippen MR) is 78.0 cm³/mol. The van der Waals surface area contributed by atoms with Gasteiger partial charge in [0.1, 0.15) is 5.75 Å². The fourth-order valence-electron chi connectivity index (χ4n) is 1.95. The fraction of sp³-hybridized carbons (Fsp3) is 0.250. The van der Waals surface area contributed by atoms with Gasteiger partial charge in [-0.3, -0.25) is 0 Å². The monoisotopic (exact) mass is 294 g/mol. The molecule has 0 saturated carbocycles. The van der Waals surface area contributed by atoms with E-state index in [2.05, 4.69) is 0 Å². The van der Waals surface area contributed by atoms with Crippen molar-refractivity contribution in [3.05, 3.63) is 57.9 Å². The molecule has 1 atom stereocenters. The third-order valence-electron chi connectivity index (χ3n) is 3.08. The first-order chi connectivity index (χ1) is 9.38. The third kappa shape index (κ3) is 3.11. The van der Waals surface area contributed by atoms with Crippen molar-refractivity contribution in [2.45, 2.75) is 26.9 Å². The Balaban J connectivity index is 2.31. The molecule has 0 spiro atoms. The highest BCUT2D eigenvalue weighted by molar-refractivity contribution is 6.32.